The summed E-state index contributed by atoms with van der Waals surface area (Å²) in [5, 5.41) is 6.77. The molecule has 0 radical (unpaired) electrons. The van der Waals surface area contributed by atoms with Crippen molar-refractivity contribution in [2.45, 2.75) is 52.1 Å². The van der Waals surface area contributed by atoms with Crippen LogP contribution in [0.4, 0.5) is 4.39 Å². The molecule has 1 fully saturated rings. The summed E-state index contributed by atoms with van der Waals surface area (Å²) in [6.07, 6.45) is 2.02. The van der Waals surface area contributed by atoms with Crippen molar-refractivity contribution in [1.82, 2.24) is 20.0 Å². The zero-order valence-electron chi connectivity index (χ0n) is 17.5. The van der Waals surface area contributed by atoms with Crippen LogP contribution in [0.15, 0.2) is 30.3 Å². The standard InChI is InChI=1S/C22H29FN4O2/c1-14(2)12-21(28)27-11-5-6-18(27)22(29)24-15(3)16-7-9-17(10-8-16)19-13-20(23)25-26(19)4/h7-10,13-15,18H,5-6,11-12H2,1-4H3,(H,24,29). The van der Waals surface area contributed by atoms with Gasteiger partial charge in [-0.15, -0.1) is 5.10 Å². The molecule has 1 saturated heterocycles. The summed E-state index contributed by atoms with van der Waals surface area (Å²) in [6.45, 7) is 6.59. The molecule has 6 nitrogen and oxygen atoms in total. The molecule has 1 aromatic carbocycles. The van der Waals surface area contributed by atoms with Gasteiger partial charge in [0.1, 0.15) is 6.04 Å². The van der Waals surface area contributed by atoms with Crippen LogP contribution < -0.4 is 5.32 Å². The van der Waals surface area contributed by atoms with Crippen molar-refractivity contribution < 1.29 is 14.0 Å². The topological polar surface area (TPSA) is 67.2 Å². The molecular weight excluding hydrogens is 371 g/mol. The Morgan fingerprint density at radius 2 is 1.93 bits per heavy atom. The quantitative estimate of drug-likeness (QED) is 0.808. The second-order valence-electron chi connectivity index (χ2n) is 8.17. The molecule has 2 aromatic rings. The maximum atomic E-state index is 13.3. The van der Waals surface area contributed by atoms with Crippen molar-refractivity contribution >= 4 is 11.8 Å². The molecule has 156 valence electrons. The molecule has 0 saturated carbocycles. The largest absolute Gasteiger partial charge is 0.348 e. The number of likely N-dealkylation sites (tertiary alicyclic amines) is 1. The number of carbonyl (C=O) groups excluding carboxylic acids is 2. The predicted octanol–water partition coefficient (Wildman–Crippen LogP) is 3.44. The van der Waals surface area contributed by atoms with Crippen LogP contribution in [-0.2, 0) is 16.6 Å². The second kappa shape index (κ2) is 8.76. The van der Waals surface area contributed by atoms with Crippen molar-refractivity contribution in [2.75, 3.05) is 6.54 Å². The fourth-order valence-corrected chi connectivity index (χ4v) is 3.84. The van der Waals surface area contributed by atoms with Gasteiger partial charge in [0.2, 0.25) is 17.8 Å². The second-order valence-corrected chi connectivity index (χ2v) is 8.17. The van der Waals surface area contributed by atoms with E-state index in [-0.39, 0.29) is 29.8 Å². The van der Waals surface area contributed by atoms with Crippen molar-refractivity contribution in [2.24, 2.45) is 13.0 Å². The van der Waals surface area contributed by atoms with Crippen molar-refractivity contribution in [3.63, 3.8) is 0 Å². The Labute approximate surface area is 171 Å². The van der Waals surface area contributed by atoms with E-state index in [2.05, 4.69) is 10.4 Å². The van der Waals surface area contributed by atoms with E-state index in [0.717, 1.165) is 17.5 Å². The summed E-state index contributed by atoms with van der Waals surface area (Å²) in [6, 6.07) is 8.43. The summed E-state index contributed by atoms with van der Waals surface area (Å²) in [4.78, 5) is 27.0. The highest BCUT2D eigenvalue weighted by Crippen LogP contribution is 2.24. The first kappa shape index (κ1) is 21.0. The average molecular weight is 400 g/mol. The van der Waals surface area contributed by atoms with E-state index in [0.29, 0.717) is 25.1 Å². The van der Waals surface area contributed by atoms with Crippen molar-refractivity contribution in [3.05, 3.63) is 41.8 Å². The maximum Gasteiger partial charge on any atom is 0.243 e. The number of rotatable bonds is 6. The summed E-state index contributed by atoms with van der Waals surface area (Å²) in [7, 11) is 1.70. The van der Waals surface area contributed by atoms with Gasteiger partial charge >= 0.3 is 0 Å². The number of hydrogen-bond acceptors (Lipinski definition) is 3. The van der Waals surface area contributed by atoms with Gasteiger partial charge in [0.05, 0.1) is 11.7 Å². The zero-order chi connectivity index (χ0) is 21.1. The van der Waals surface area contributed by atoms with E-state index >= 15 is 0 Å². The summed E-state index contributed by atoms with van der Waals surface area (Å²) >= 11 is 0. The SMILES string of the molecule is CC(C)CC(=O)N1CCCC1C(=O)NC(C)c1ccc(-c2cc(F)nn2C)cc1. The monoisotopic (exact) mass is 400 g/mol. The number of aryl methyl sites for hydroxylation is 1. The zero-order valence-corrected chi connectivity index (χ0v) is 17.5. The van der Waals surface area contributed by atoms with E-state index in [1.807, 2.05) is 45.0 Å². The first-order valence-electron chi connectivity index (χ1n) is 10.2. The molecule has 2 amide bonds. The highest BCUT2D eigenvalue weighted by molar-refractivity contribution is 5.88. The van der Waals surface area contributed by atoms with Gasteiger partial charge < -0.3 is 10.2 Å². The first-order valence-corrected chi connectivity index (χ1v) is 10.2. The Morgan fingerprint density at radius 3 is 2.52 bits per heavy atom. The number of benzene rings is 1. The fourth-order valence-electron chi connectivity index (χ4n) is 3.84. The molecule has 2 heterocycles. The molecule has 29 heavy (non-hydrogen) atoms. The third kappa shape index (κ3) is 4.83. The van der Waals surface area contributed by atoms with Crippen LogP contribution in [0.1, 0.15) is 51.6 Å². The molecule has 1 aliphatic heterocycles. The van der Waals surface area contributed by atoms with Gasteiger partial charge in [-0.25, -0.2) is 0 Å². The van der Waals surface area contributed by atoms with Crippen LogP contribution in [0, 0.1) is 11.9 Å². The number of nitrogens with zero attached hydrogens (tertiary/aromatic N) is 3. The minimum atomic E-state index is -0.514. The Hall–Kier alpha value is -2.70. The number of carbonyl (C=O) groups is 2. The van der Waals surface area contributed by atoms with E-state index in [1.165, 1.54) is 10.7 Å². The van der Waals surface area contributed by atoms with Gasteiger partial charge in [0, 0.05) is 26.1 Å². The highest BCUT2D eigenvalue weighted by Gasteiger charge is 2.34. The number of aromatic nitrogens is 2. The van der Waals surface area contributed by atoms with E-state index in [9.17, 15) is 14.0 Å². The van der Waals surface area contributed by atoms with Gasteiger partial charge in [0.15, 0.2) is 0 Å². The van der Waals surface area contributed by atoms with Gasteiger partial charge in [-0.1, -0.05) is 38.1 Å². The van der Waals surface area contributed by atoms with Crippen LogP contribution in [-0.4, -0.2) is 39.1 Å². The molecule has 1 aromatic heterocycles. The van der Waals surface area contributed by atoms with Crippen LogP contribution >= 0.6 is 0 Å². The van der Waals surface area contributed by atoms with E-state index in [1.54, 1.807) is 11.9 Å². The van der Waals surface area contributed by atoms with Crippen molar-refractivity contribution in [3.8, 4) is 11.3 Å². The first-order chi connectivity index (χ1) is 13.8. The van der Waals surface area contributed by atoms with Crippen LogP contribution in [0.3, 0.4) is 0 Å². The number of hydrogen-bond donors (Lipinski definition) is 1. The lowest BCUT2D eigenvalue weighted by Crippen LogP contribution is -2.46. The molecular formula is C22H29FN4O2. The summed E-state index contributed by atoms with van der Waals surface area (Å²) < 4.78 is 14.8. The lowest BCUT2D eigenvalue weighted by molar-refractivity contribution is -0.139. The number of amides is 2. The van der Waals surface area contributed by atoms with Gasteiger partial charge in [0.25, 0.3) is 0 Å². The lowest BCUT2D eigenvalue weighted by Gasteiger charge is -2.26. The van der Waals surface area contributed by atoms with Crippen LogP contribution in [0.5, 0.6) is 0 Å². The number of nitrogens with one attached hydrogen (secondary N) is 1. The van der Waals surface area contributed by atoms with E-state index < -0.39 is 5.95 Å². The predicted molar refractivity (Wildman–Crippen MR) is 109 cm³/mol. The Kier molecular flexibility index (Phi) is 6.35. The smallest absolute Gasteiger partial charge is 0.243 e. The molecule has 0 aliphatic carbocycles. The summed E-state index contributed by atoms with van der Waals surface area (Å²) in [5.74, 6) is -0.291. The lowest BCUT2D eigenvalue weighted by atomic mass is 10.0. The molecule has 2 unspecified atom stereocenters. The molecule has 0 bridgehead atoms. The van der Waals surface area contributed by atoms with Crippen LogP contribution in [0.25, 0.3) is 11.3 Å². The summed E-state index contributed by atoms with van der Waals surface area (Å²) in [5.41, 5.74) is 2.49. The Morgan fingerprint density at radius 1 is 1.24 bits per heavy atom. The van der Waals surface area contributed by atoms with Gasteiger partial charge in [-0.2, -0.15) is 4.39 Å². The Bertz CT molecular complexity index is 875. The maximum absolute atomic E-state index is 13.3. The molecule has 2 atom stereocenters. The highest BCUT2D eigenvalue weighted by atomic mass is 19.1. The molecule has 1 aliphatic rings. The van der Waals surface area contributed by atoms with Gasteiger partial charge in [-0.3, -0.25) is 14.3 Å². The minimum Gasteiger partial charge on any atom is -0.348 e. The molecule has 0 spiro atoms. The van der Waals surface area contributed by atoms with E-state index in [4.69, 9.17) is 0 Å². The normalized spacial score (nSPS) is 17.6. The Balaban J connectivity index is 1.65. The fraction of sp³-hybridized carbons (Fsp3) is 0.500. The third-order valence-electron chi connectivity index (χ3n) is 5.37. The molecule has 7 heteroatoms. The van der Waals surface area contributed by atoms with Crippen LogP contribution in [0.2, 0.25) is 0 Å². The third-order valence-corrected chi connectivity index (χ3v) is 5.37. The molecule has 1 N–H and O–H groups in total. The minimum absolute atomic E-state index is 0.0538. The number of halogens is 1. The average Bonchev–Trinajstić information content (AvgIpc) is 3.27. The van der Waals surface area contributed by atoms with Gasteiger partial charge in [-0.05, 0) is 36.8 Å². The van der Waals surface area contributed by atoms with Crippen molar-refractivity contribution in [1.29, 1.82) is 0 Å². The molecule has 3 rings (SSSR count).